The van der Waals surface area contributed by atoms with Gasteiger partial charge >= 0.3 is 5.97 Å². The van der Waals surface area contributed by atoms with Crippen molar-refractivity contribution in [3.8, 4) is 17.6 Å². The average Bonchev–Trinajstić information content (AvgIpc) is 3.29. The maximum atomic E-state index is 13.7. The monoisotopic (exact) mass is 638 g/mol. The first-order valence-corrected chi connectivity index (χ1v) is 16.0. The number of thiocarbonyl (C=S) groups is 1. The minimum absolute atomic E-state index is 0.0383. The van der Waals surface area contributed by atoms with Gasteiger partial charge in [-0.3, -0.25) is 23.9 Å². The Kier molecular flexibility index (Phi) is 11.1. The van der Waals surface area contributed by atoms with Crippen molar-refractivity contribution in [3.63, 3.8) is 0 Å². The van der Waals surface area contributed by atoms with Crippen LogP contribution < -0.4 is 19.9 Å². The van der Waals surface area contributed by atoms with Crippen LogP contribution in [0.3, 0.4) is 0 Å². The summed E-state index contributed by atoms with van der Waals surface area (Å²) < 4.78 is 18.1. The second-order valence-electron chi connectivity index (χ2n) is 10.6. The summed E-state index contributed by atoms with van der Waals surface area (Å²) in [5.74, 6) is 1.01. The van der Waals surface area contributed by atoms with Crippen LogP contribution >= 0.6 is 24.0 Å². The topological polar surface area (TPSA) is 114 Å². The lowest BCUT2D eigenvalue weighted by Crippen LogP contribution is -2.43. The third-order valence-corrected chi connectivity index (χ3v) is 9.23. The number of hydrogen-bond donors (Lipinski definition) is 0. The molecule has 0 saturated carbocycles. The zero-order valence-electron chi connectivity index (χ0n) is 25.8. The molecule has 0 bridgehead atoms. The Morgan fingerprint density at radius 3 is 2.59 bits per heavy atom. The van der Waals surface area contributed by atoms with Gasteiger partial charge in [0.15, 0.2) is 11.5 Å². The summed E-state index contributed by atoms with van der Waals surface area (Å²) in [5, 5.41) is 9.96. The number of hydrogen-bond acceptors (Lipinski definition) is 10. The van der Waals surface area contributed by atoms with E-state index in [1.54, 1.807) is 43.6 Å². The van der Waals surface area contributed by atoms with Crippen LogP contribution in [0.15, 0.2) is 27.9 Å². The molecule has 0 N–H and O–H groups in total. The van der Waals surface area contributed by atoms with Crippen molar-refractivity contribution in [2.24, 2.45) is 5.92 Å². The van der Waals surface area contributed by atoms with Crippen LogP contribution in [0.4, 0.5) is 5.82 Å². The first kappa shape index (κ1) is 33.1. The molecule has 1 aromatic carbocycles. The Labute approximate surface area is 267 Å². The van der Waals surface area contributed by atoms with Crippen LogP contribution in [-0.4, -0.2) is 66.1 Å². The highest BCUT2D eigenvalue weighted by Gasteiger charge is 2.34. The number of nitriles is 1. The van der Waals surface area contributed by atoms with Crippen molar-refractivity contribution in [3.05, 3.63) is 55.7 Å². The number of anilines is 1. The molecule has 0 spiro atoms. The maximum Gasteiger partial charge on any atom is 0.310 e. The predicted octanol–water partition coefficient (Wildman–Crippen LogP) is 4.68. The summed E-state index contributed by atoms with van der Waals surface area (Å²) in [6.07, 6.45) is 4.39. The number of thioether (sulfide) groups is 1. The highest BCUT2D eigenvalue weighted by Crippen LogP contribution is 2.37. The maximum absolute atomic E-state index is 13.7. The molecule has 0 radical (unpaired) electrons. The number of amides is 1. The molecule has 2 saturated heterocycles. The lowest BCUT2D eigenvalue weighted by Gasteiger charge is -2.36. The summed E-state index contributed by atoms with van der Waals surface area (Å²) in [6, 6.07) is 7.71. The SMILES string of the molecule is CCCn1c(N2CCCC(C(=O)OCC)C2)c(/C=C2/SC(=S)N(CCc3ccc(OC)c(OC)c3)C2=O)c(C)c(C#N)c1=O. The fraction of sp³-hybridized carbons (Fsp3) is 0.469. The van der Waals surface area contributed by atoms with Gasteiger partial charge in [0, 0.05) is 31.7 Å². The van der Waals surface area contributed by atoms with Crippen molar-refractivity contribution in [2.45, 2.75) is 53.0 Å². The lowest BCUT2D eigenvalue weighted by molar-refractivity contribution is -0.148. The van der Waals surface area contributed by atoms with E-state index in [0.717, 1.165) is 12.0 Å². The minimum Gasteiger partial charge on any atom is -0.493 e. The normalized spacial score (nSPS) is 17.6. The molecular formula is C32H38N4O6S2. The number of benzene rings is 1. The van der Waals surface area contributed by atoms with Gasteiger partial charge in [0.25, 0.3) is 11.5 Å². The fourth-order valence-electron chi connectivity index (χ4n) is 5.64. The number of esters is 1. The van der Waals surface area contributed by atoms with Crippen LogP contribution in [0, 0.1) is 24.2 Å². The van der Waals surface area contributed by atoms with Gasteiger partial charge in [0.05, 0.1) is 31.6 Å². The first-order chi connectivity index (χ1) is 21.2. The van der Waals surface area contributed by atoms with E-state index in [0.29, 0.717) is 89.7 Å². The smallest absolute Gasteiger partial charge is 0.310 e. The molecule has 1 atom stereocenters. The van der Waals surface area contributed by atoms with Crippen LogP contribution in [-0.2, 0) is 27.3 Å². The molecule has 1 amide bonds. The van der Waals surface area contributed by atoms with Gasteiger partial charge in [-0.15, -0.1) is 0 Å². The Hall–Kier alpha value is -3.82. The zero-order valence-corrected chi connectivity index (χ0v) is 27.4. The molecule has 12 heteroatoms. The average molecular weight is 639 g/mol. The molecule has 3 heterocycles. The van der Waals surface area contributed by atoms with Crippen LogP contribution in [0.5, 0.6) is 11.5 Å². The summed E-state index contributed by atoms with van der Waals surface area (Å²) in [5.41, 5.74) is 1.73. The number of carbonyl (C=O) groups is 2. The van der Waals surface area contributed by atoms with E-state index in [1.807, 2.05) is 30.0 Å². The number of ether oxygens (including phenoxy) is 3. The zero-order chi connectivity index (χ0) is 32.0. The van der Waals surface area contributed by atoms with Gasteiger partial charge in [-0.1, -0.05) is 37.0 Å². The van der Waals surface area contributed by atoms with E-state index < -0.39 is 0 Å². The number of carbonyl (C=O) groups excluding carboxylic acids is 2. The van der Waals surface area contributed by atoms with Gasteiger partial charge in [-0.2, -0.15) is 5.26 Å². The van der Waals surface area contributed by atoms with Gasteiger partial charge in [0.2, 0.25) is 0 Å². The number of methoxy groups -OCH3 is 2. The largest absolute Gasteiger partial charge is 0.493 e. The number of pyridine rings is 1. The van der Waals surface area contributed by atoms with E-state index in [4.69, 9.17) is 26.4 Å². The molecule has 2 aromatic rings. The standard InChI is InChI=1S/C32H38N4O6S2/c1-6-13-35-28(34-14-8-9-22(19-34)31(39)42-7-2)23(20(3)24(18-33)29(35)37)17-27-30(38)36(32(43)44-27)15-12-21-10-11-25(40-4)26(16-21)41-5/h10-11,16-17,22H,6-9,12-15,19H2,1-5H3/b27-17+. The number of piperidine rings is 1. The summed E-state index contributed by atoms with van der Waals surface area (Å²) in [7, 11) is 3.15. The lowest BCUT2D eigenvalue weighted by atomic mass is 9.96. The fourth-order valence-corrected chi connectivity index (χ4v) is 6.93. The van der Waals surface area contributed by atoms with Gasteiger partial charge in [0.1, 0.15) is 21.8 Å². The Morgan fingerprint density at radius 1 is 1.18 bits per heavy atom. The predicted molar refractivity (Wildman–Crippen MR) is 175 cm³/mol. The highest BCUT2D eigenvalue weighted by atomic mass is 32.2. The van der Waals surface area contributed by atoms with Crippen molar-refractivity contribution >= 4 is 52.1 Å². The van der Waals surface area contributed by atoms with Gasteiger partial charge < -0.3 is 19.1 Å². The molecule has 2 fully saturated rings. The van der Waals surface area contributed by atoms with Crippen molar-refractivity contribution in [2.75, 3.05) is 45.4 Å². The second-order valence-corrected chi connectivity index (χ2v) is 12.3. The summed E-state index contributed by atoms with van der Waals surface area (Å²) in [4.78, 5) is 43.9. The number of nitrogens with zero attached hydrogens (tertiary/aromatic N) is 4. The molecule has 1 unspecified atom stereocenters. The molecule has 2 aliphatic heterocycles. The molecule has 10 nitrogen and oxygen atoms in total. The van der Waals surface area contributed by atoms with Gasteiger partial charge in [-0.05, 0) is 68.9 Å². The van der Waals surface area contributed by atoms with Crippen molar-refractivity contribution < 1.29 is 23.8 Å². The van der Waals surface area contributed by atoms with E-state index in [-0.39, 0.29) is 28.9 Å². The van der Waals surface area contributed by atoms with E-state index in [9.17, 15) is 19.6 Å². The summed E-state index contributed by atoms with van der Waals surface area (Å²) >= 11 is 6.82. The Balaban J connectivity index is 1.72. The Morgan fingerprint density at radius 2 is 1.93 bits per heavy atom. The third kappa shape index (κ3) is 6.79. The number of rotatable bonds is 11. The quantitative estimate of drug-likeness (QED) is 0.195. The summed E-state index contributed by atoms with van der Waals surface area (Å²) in [6.45, 7) is 7.53. The van der Waals surface area contributed by atoms with Crippen LogP contribution in [0.2, 0.25) is 0 Å². The van der Waals surface area contributed by atoms with Crippen LogP contribution in [0.1, 0.15) is 55.4 Å². The van der Waals surface area contributed by atoms with E-state index >= 15 is 0 Å². The second kappa shape index (κ2) is 14.8. The van der Waals surface area contributed by atoms with Gasteiger partial charge in [-0.25, -0.2) is 0 Å². The van der Waals surface area contributed by atoms with E-state index in [1.165, 1.54) is 11.8 Å². The van der Waals surface area contributed by atoms with E-state index in [2.05, 4.69) is 6.07 Å². The molecule has 2 aliphatic rings. The Bertz CT molecular complexity index is 1580. The minimum atomic E-state index is -0.375. The molecule has 4 rings (SSSR count). The molecule has 1 aromatic heterocycles. The first-order valence-electron chi connectivity index (χ1n) is 14.7. The molecular weight excluding hydrogens is 601 g/mol. The molecule has 234 valence electrons. The van der Waals surface area contributed by atoms with Crippen molar-refractivity contribution in [1.29, 1.82) is 5.26 Å². The van der Waals surface area contributed by atoms with Crippen molar-refractivity contribution in [1.82, 2.24) is 9.47 Å². The number of aromatic nitrogens is 1. The third-order valence-electron chi connectivity index (χ3n) is 7.86. The van der Waals surface area contributed by atoms with Crippen LogP contribution in [0.25, 0.3) is 6.08 Å². The molecule has 0 aliphatic carbocycles. The highest BCUT2D eigenvalue weighted by molar-refractivity contribution is 8.26. The molecule has 44 heavy (non-hydrogen) atoms.